The number of nitrogens with one attached hydrogen (secondary N) is 1. The number of carbonyl (C=O) groups is 1. The van der Waals surface area contributed by atoms with Crippen molar-refractivity contribution in [3.63, 3.8) is 0 Å². The standard InChI is InChI=1S/C20H13Cl2N3O3/c1-27-16-7-4-11(20-25-18-17(28-20)3-2-8-23-18)9-15(16)24-19(26)13-10-12(21)5-6-14(13)22/h2-10H,1H3,(H,24,26). The van der Waals surface area contributed by atoms with Gasteiger partial charge in [-0.1, -0.05) is 23.2 Å². The lowest BCUT2D eigenvalue weighted by atomic mass is 10.1. The first-order chi connectivity index (χ1) is 13.5. The number of hydrogen-bond acceptors (Lipinski definition) is 5. The zero-order valence-electron chi connectivity index (χ0n) is 14.6. The first kappa shape index (κ1) is 18.3. The average Bonchev–Trinajstić information content (AvgIpc) is 3.14. The Morgan fingerprint density at radius 3 is 2.79 bits per heavy atom. The topological polar surface area (TPSA) is 77.2 Å². The Labute approximate surface area is 170 Å². The molecule has 2 aromatic heterocycles. The van der Waals surface area contributed by atoms with Crippen LogP contribution < -0.4 is 10.1 Å². The Morgan fingerprint density at radius 2 is 2.00 bits per heavy atom. The molecule has 0 saturated heterocycles. The molecule has 4 aromatic rings. The van der Waals surface area contributed by atoms with E-state index in [1.807, 2.05) is 0 Å². The number of ether oxygens (including phenoxy) is 1. The minimum absolute atomic E-state index is 0.257. The number of oxazole rings is 1. The summed E-state index contributed by atoms with van der Waals surface area (Å²) in [6.45, 7) is 0. The highest BCUT2D eigenvalue weighted by Crippen LogP contribution is 2.32. The molecular formula is C20H13Cl2N3O3. The smallest absolute Gasteiger partial charge is 0.257 e. The number of amides is 1. The van der Waals surface area contributed by atoms with Gasteiger partial charge in [0.1, 0.15) is 5.75 Å². The van der Waals surface area contributed by atoms with Crippen LogP contribution in [0.25, 0.3) is 22.7 Å². The highest BCUT2D eigenvalue weighted by Gasteiger charge is 2.16. The zero-order valence-corrected chi connectivity index (χ0v) is 16.1. The van der Waals surface area contributed by atoms with Crippen LogP contribution >= 0.6 is 23.2 Å². The van der Waals surface area contributed by atoms with E-state index in [1.54, 1.807) is 48.7 Å². The van der Waals surface area contributed by atoms with E-state index in [0.717, 1.165) is 0 Å². The molecule has 0 fully saturated rings. The number of aromatic nitrogens is 2. The first-order valence-electron chi connectivity index (χ1n) is 8.21. The summed E-state index contributed by atoms with van der Waals surface area (Å²) in [5.74, 6) is 0.444. The number of methoxy groups -OCH3 is 1. The monoisotopic (exact) mass is 413 g/mol. The van der Waals surface area contributed by atoms with Crippen molar-refractivity contribution in [1.82, 2.24) is 9.97 Å². The summed E-state index contributed by atoms with van der Waals surface area (Å²) in [7, 11) is 1.51. The second kappa shape index (κ2) is 7.50. The molecule has 0 aliphatic carbocycles. The average molecular weight is 414 g/mol. The van der Waals surface area contributed by atoms with Gasteiger partial charge in [-0.05, 0) is 48.5 Å². The van der Waals surface area contributed by atoms with Crippen LogP contribution in [-0.4, -0.2) is 23.0 Å². The molecule has 0 atom stereocenters. The minimum atomic E-state index is -0.415. The van der Waals surface area contributed by atoms with E-state index in [2.05, 4.69) is 15.3 Å². The Balaban J connectivity index is 1.71. The van der Waals surface area contributed by atoms with Gasteiger partial charge in [0, 0.05) is 16.8 Å². The van der Waals surface area contributed by atoms with Crippen LogP contribution in [0.15, 0.2) is 59.1 Å². The summed E-state index contributed by atoms with van der Waals surface area (Å²) in [6.07, 6.45) is 1.64. The van der Waals surface area contributed by atoms with Crippen LogP contribution in [0.4, 0.5) is 5.69 Å². The fraction of sp³-hybridized carbons (Fsp3) is 0.0500. The van der Waals surface area contributed by atoms with Crippen LogP contribution in [0.2, 0.25) is 10.0 Å². The molecule has 0 aliphatic rings. The van der Waals surface area contributed by atoms with Gasteiger partial charge in [-0.2, -0.15) is 4.98 Å². The predicted octanol–water partition coefficient (Wildman–Crippen LogP) is 5.46. The van der Waals surface area contributed by atoms with Gasteiger partial charge in [0.05, 0.1) is 23.4 Å². The van der Waals surface area contributed by atoms with Gasteiger partial charge in [-0.15, -0.1) is 0 Å². The number of carbonyl (C=O) groups excluding carboxylic acids is 1. The van der Waals surface area contributed by atoms with Crippen LogP contribution in [-0.2, 0) is 0 Å². The molecule has 140 valence electrons. The lowest BCUT2D eigenvalue weighted by molar-refractivity contribution is 0.102. The van der Waals surface area contributed by atoms with E-state index >= 15 is 0 Å². The number of hydrogen-bond donors (Lipinski definition) is 1. The van der Waals surface area contributed by atoms with E-state index in [0.29, 0.717) is 44.2 Å². The van der Waals surface area contributed by atoms with Crippen molar-refractivity contribution in [2.24, 2.45) is 0 Å². The Bertz CT molecular complexity index is 1160. The SMILES string of the molecule is COc1ccc(-c2nc3ncccc3o2)cc1NC(=O)c1cc(Cl)ccc1Cl. The lowest BCUT2D eigenvalue weighted by Crippen LogP contribution is -2.13. The molecule has 0 aliphatic heterocycles. The number of halogens is 2. The van der Waals surface area contributed by atoms with E-state index in [-0.39, 0.29) is 5.56 Å². The molecule has 6 nitrogen and oxygen atoms in total. The third-order valence-electron chi connectivity index (χ3n) is 4.03. The molecule has 2 heterocycles. The summed E-state index contributed by atoms with van der Waals surface area (Å²) in [4.78, 5) is 21.2. The third kappa shape index (κ3) is 3.52. The van der Waals surface area contributed by atoms with Crippen molar-refractivity contribution in [3.05, 3.63) is 70.3 Å². The summed E-state index contributed by atoms with van der Waals surface area (Å²) in [5.41, 5.74) is 2.43. The van der Waals surface area contributed by atoms with E-state index in [9.17, 15) is 4.79 Å². The van der Waals surface area contributed by atoms with Crippen molar-refractivity contribution in [2.75, 3.05) is 12.4 Å². The number of nitrogens with zero attached hydrogens (tertiary/aromatic N) is 2. The first-order valence-corrected chi connectivity index (χ1v) is 8.97. The number of anilines is 1. The number of benzene rings is 2. The van der Waals surface area contributed by atoms with Gasteiger partial charge in [-0.25, -0.2) is 4.98 Å². The molecule has 1 amide bonds. The van der Waals surface area contributed by atoms with Crippen LogP contribution in [0, 0.1) is 0 Å². The van der Waals surface area contributed by atoms with Gasteiger partial charge >= 0.3 is 0 Å². The summed E-state index contributed by atoms with van der Waals surface area (Å²) < 4.78 is 11.1. The van der Waals surface area contributed by atoms with Gasteiger partial charge < -0.3 is 14.5 Å². The van der Waals surface area contributed by atoms with E-state index in [1.165, 1.54) is 13.2 Å². The Morgan fingerprint density at radius 1 is 1.14 bits per heavy atom. The van der Waals surface area contributed by atoms with Crippen molar-refractivity contribution in [2.45, 2.75) is 0 Å². The largest absolute Gasteiger partial charge is 0.495 e. The summed E-state index contributed by atoms with van der Waals surface area (Å²) >= 11 is 12.1. The summed E-state index contributed by atoms with van der Waals surface area (Å²) in [5, 5.41) is 3.50. The molecule has 8 heteroatoms. The zero-order chi connectivity index (χ0) is 19.7. The molecule has 0 bridgehead atoms. The highest BCUT2D eigenvalue weighted by atomic mass is 35.5. The Hall–Kier alpha value is -3.09. The van der Waals surface area contributed by atoms with Crippen LogP contribution in [0.5, 0.6) is 5.75 Å². The van der Waals surface area contributed by atoms with Gasteiger partial charge in [0.2, 0.25) is 5.89 Å². The fourth-order valence-corrected chi connectivity index (χ4v) is 3.07. The normalized spacial score (nSPS) is 10.8. The van der Waals surface area contributed by atoms with Crippen molar-refractivity contribution in [1.29, 1.82) is 0 Å². The maximum atomic E-state index is 12.7. The van der Waals surface area contributed by atoms with Crippen molar-refractivity contribution in [3.8, 4) is 17.2 Å². The number of rotatable bonds is 4. The fourth-order valence-electron chi connectivity index (χ4n) is 2.69. The maximum absolute atomic E-state index is 12.7. The number of pyridine rings is 1. The molecule has 4 rings (SSSR count). The highest BCUT2D eigenvalue weighted by molar-refractivity contribution is 6.36. The van der Waals surface area contributed by atoms with Crippen LogP contribution in [0.1, 0.15) is 10.4 Å². The molecule has 2 aromatic carbocycles. The molecular weight excluding hydrogens is 401 g/mol. The number of fused-ring (bicyclic) bond motifs is 1. The maximum Gasteiger partial charge on any atom is 0.257 e. The molecule has 0 radical (unpaired) electrons. The van der Waals surface area contributed by atoms with Crippen molar-refractivity contribution >= 4 is 46.0 Å². The summed E-state index contributed by atoms with van der Waals surface area (Å²) in [6, 6.07) is 13.4. The van der Waals surface area contributed by atoms with Crippen molar-refractivity contribution < 1.29 is 13.9 Å². The third-order valence-corrected chi connectivity index (χ3v) is 4.60. The van der Waals surface area contributed by atoms with Gasteiger partial charge in [-0.3, -0.25) is 4.79 Å². The quantitative estimate of drug-likeness (QED) is 0.480. The van der Waals surface area contributed by atoms with E-state index in [4.69, 9.17) is 32.4 Å². The second-order valence-corrected chi connectivity index (χ2v) is 6.68. The molecule has 0 unspecified atom stereocenters. The second-order valence-electron chi connectivity index (χ2n) is 5.84. The van der Waals surface area contributed by atoms with E-state index < -0.39 is 5.91 Å². The molecule has 1 N–H and O–H groups in total. The molecule has 0 spiro atoms. The molecule has 0 saturated carbocycles. The van der Waals surface area contributed by atoms with Gasteiger partial charge in [0.15, 0.2) is 11.2 Å². The minimum Gasteiger partial charge on any atom is -0.495 e. The van der Waals surface area contributed by atoms with Crippen LogP contribution in [0.3, 0.4) is 0 Å². The lowest BCUT2D eigenvalue weighted by Gasteiger charge is -2.12. The predicted molar refractivity (Wildman–Crippen MR) is 108 cm³/mol. The van der Waals surface area contributed by atoms with Gasteiger partial charge in [0.25, 0.3) is 5.91 Å². The molecule has 28 heavy (non-hydrogen) atoms. The Kier molecular flexibility index (Phi) is 4.90.